The number of hydrogen-bond donors (Lipinski definition) is 1. The van der Waals surface area contributed by atoms with Crippen molar-refractivity contribution in [3.05, 3.63) is 12.3 Å². The van der Waals surface area contributed by atoms with E-state index in [1.54, 1.807) is 18.8 Å². The Morgan fingerprint density at radius 1 is 1.33 bits per heavy atom. The molecule has 90 valence electrons. The molecule has 7 heteroatoms. The third kappa shape index (κ3) is 7.77. The molecule has 0 saturated carbocycles. The lowest BCUT2D eigenvalue weighted by Gasteiger charge is -2.29. The van der Waals surface area contributed by atoms with Crippen molar-refractivity contribution in [3.8, 4) is 0 Å². The standard InChI is InChI=1S/C8H17F3O2Si2/c1-5-14(2,3)13-15(4,12)7-6-8(9,10)11/h5,12H,1,6-7H2,2-4H3. The molecular formula is C8H17F3O2Si2. The molecule has 0 aromatic carbocycles. The SMILES string of the molecule is C=C[Si](C)(C)O[Si](C)(O)CCC(F)(F)F. The Morgan fingerprint density at radius 2 is 1.80 bits per heavy atom. The van der Waals surface area contributed by atoms with Crippen LogP contribution in [0.4, 0.5) is 13.2 Å². The average Bonchev–Trinajstić information content (AvgIpc) is 1.98. The molecule has 0 heterocycles. The van der Waals surface area contributed by atoms with Gasteiger partial charge < -0.3 is 8.91 Å². The van der Waals surface area contributed by atoms with E-state index in [1.807, 2.05) is 0 Å². The molecule has 1 N–H and O–H groups in total. The number of rotatable bonds is 5. The zero-order valence-corrected chi connectivity index (χ0v) is 11.2. The zero-order chi connectivity index (χ0) is 12.3. The first-order chi connectivity index (χ1) is 6.47. The van der Waals surface area contributed by atoms with Crippen LogP contribution in [0.5, 0.6) is 0 Å². The molecule has 0 saturated heterocycles. The van der Waals surface area contributed by atoms with Gasteiger partial charge in [-0.15, -0.1) is 6.58 Å². The minimum absolute atomic E-state index is 0.319. The van der Waals surface area contributed by atoms with E-state index in [1.165, 1.54) is 6.55 Å². The van der Waals surface area contributed by atoms with Gasteiger partial charge in [-0.2, -0.15) is 13.2 Å². The van der Waals surface area contributed by atoms with E-state index in [9.17, 15) is 18.0 Å². The van der Waals surface area contributed by atoms with Crippen LogP contribution in [0.1, 0.15) is 6.42 Å². The van der Waals surface area contributed by atoms with Crippen molar-refractivity contribution in [2.75, 3.05) is 0 Å². The highest BCUT2D eigenvalue weighted by Crippen LogP contribution is 2.27. The van der Waals surface area contributed by atoms with Gasteiger partial charge in [0.1, 0.15) is 0 Å². The van der Waals surface area contributed by atoms with Crippen molar-refractivity contribution in [3.63, 3.8) is 0 Å². The zero-order valence-electron chi connectivity index (χ0n) is 9.19. The lowest BCUT2D eigenvalue weighted by Crippen LogP contribution is -2.46. The van der Waals surface area contributed by atoms with Crippen molar-refractivity contribution in [2.24, 2.45) is 0 Å². The summed E-state index contributed by atoms with van der Waals surface area (Å²) in [5.41, 5.74) is 1.60. The van der Waals surface area contributed by atoms with Gasteiger partial charge in [0.05, 0.1) is 0 Å². The first kappa shape index (κ1) is 14.9. The Hall–Kier alpha value is -0.116. The Bertz CT molecular complexity index is 226. The van der Waals surface area contributed by atoms with Crippen molar-refractivity contribution < 1.29 is 22.1 Å². The smallest absolute Gasteiger partial charge is 0.389 e. The molecule has 0 rings (SSSR count). The van der Waals surface area contributed by atoms with Crippen molar-refractivity contribution in [1.82, 2.24) is 0 Å². The first-order valence-electron chi connectivity index (χ1n) is 4.60. The second-order valence-electron chi connectivity index (χ2n) is 4.20. The van der Waals surface area contributed by atoms with E-state index >= 15 is 0 Å². The molecular weight excluding hydrogens is 241 g/mol. The van der Waals surface area contributed by atoms with Crippen LogP contribution in [0.15, 0.2) is 12.3 Å². The Labute approximate surface area is 90.1 Å². The third-order valence-corrected chi connectivity index (χ3v) is 7.87. The number of hydrogen-bond acceptors (Lipinski definition) is 2. The van der Waals surface area contributed by atoms with Gasteiger partial charge in [0.15, 0.2) is 8.32 Å². The van der Waals surface area contributed by atoms with E-state index in [0.29, 0.717) is 0 Å². The summed E-state index contributed by atoms with van der Waals surface area (Å²) in [7, 11) is -5.40. The topological polar surface area (TPSA) is 29.5 Å². The highest BCUT2D eigenvalue weighted by molar-refractivity contribution is 6.85. The summed E-state index contributed by atoms with van der Waals surface area (Å²) in [5, 5.41) is 0. The molecule has 0 aliphatic rings. The maximum absolute atomic E-state index is 11.9. The first-order valence-corrected chi connectivity index (χ1v) is 10.2. The predicted molar refractivity (Wildman–Crippen MR) is 58.1 cm³/mol. The Morgan fingerprint density at radius 3 is 2.13 bits per heavy atom. The van der Waals surface area contributed by atoms with Gasteiger partial charge in [-0.25, -0.2) is 0 Å². The molecule has 2 nitrogen and oxygen atoms in total. The summed E-state index contributed by atoms with van der Waals surface area (Å²) in [6, 6.07) is -0.319. The molecule has 0 amide bonds. The number of alkyl halides is 3. The fourth-order valence-corrected chi connectivity index (χ4v) is 7.06. The van der Waals surface area contributed by atoms with Gasteiger partial charge in [0, 0.05) is 6.42 Å². The van der Waals surface area contributed by atoms with E-state index in [2.05, 4.69) is 6.58 Å². The van der Waals surface area contributed by atoms with Crippen molar-refractivity contribution in [2.45, 2.75) is 38.3 Å². The third-order valence-electron chi connectivity index (χ3n) is 1.85. The Kier molecular flexibility index (Phi) is 4.77. The molecule has 1 atom stereocenters. The van der Waals surface area contributed by atoms with E-state index < -0.39 is 29.5 Å². The highest BCUT2D eigenvalue weighted by Gasteiger charge is 2.38. The average molecular weight is 258 g/mol. The minimum atomic E-state index is -4.24. The van der Waals surface area contributed by atoms with Crippen LogP contribution < -0.4 is 0 Å². The van der Waals surface area contributed by atoms with Gasteiger partial charge >= 0.3 is 14.7 Å². The molecule has 0 aromatic rings. The molecule has 0 radical (unpaired) electrons. The summed E-state index contributed by atoms with van der Waals surface area (Å²) in [5.74, 6) is 0. The molecule has 0 bridgehead atoms. The predicted octanol–water partition coefficient (Wildman–Crippen LogP) is 2.95. The van der Waals surface area contributed by atoms with Crippen LogP contribution in [-0.4, -0.2) is 27.9 Å². The second kappa shape index (κ2) is 4.81. The summed E-state index contributed by atoms with van der Waals surface area (Å²) >= 11 is 0. The maximum Gasteiger partial charge on any atom is 0.389 e. The summed E-state index contributed by atoms with van der Waals surface area (Å²) in [6.07, 6.45) is -5.23. The van der Waals surface area contributed by atoms with Gasteiger partial charge in [0.2, 0.25) is 0 Å². The fourth-order valence-electron chi connectivity index (χ4n) is 1.03. The van der Waals surface area contributed by atoms with Gasteiger partial charge in [-0.1, -0.05) is 5.70 Å². The van der Waals surface area contributed by atoms with Crippen LogP contribution >= 0.6 is 0 Å². The highest BCUT2D eigenvalue weighted by atomic mass is 28.4. The molecule has 0 aliphatic carbocycles. The molecule has 0 fully saturated rings. The summed E-state index contributed by atoms with van der Waals surface area (Å²) < 4.78 is 41.2. The monoisotopic (exact) mass is 258 g/mol. The molecule has 0 aromatic heterocycles. The lowest BCUT2D eigenvalue weighted by atomic mass is 10.5. The van der Waals surface area contributed by atoms with E-state index in [4.69, 9.17) is 4.12 Å². The van der Waals surface area contributed by atoms with Crippen LogP contribution in [0, 0.1) is 0 Å². The van der Waals surface area contributed by atoms with Crippen LogP contribution in [0.2, 0.25) is 25.7 Å². The fraction of sp³-hybridized carbons (Fsp3) is 0.750. The molecule has 15 heavy (non-hydrogen) atoms. The normalized spacial score (nSPS) is 17.3. The van der Waals surface area contributed by atoms with Gasteiger partial charge in [-0.3, -0.25) is 0 Å². The quantitative estimate of drug-likeness (QED) is 0.768. The van der Waals surface area contributed by atoms with Crippen LogP contribution in [-0.2, 0) is 4.12 Å². The largest absolute Gasteiger partial charge is 0.433 e. The van der Waals surface area contributed by atoms with Crippen LogP contribution in [0.25, 0.3) is 0 Å². The second-order valence-corrected chi connectivity index (χ2v) is 11.5. The number of halogens is 3. The van der Waals surface area contributed by atoms with E-state index in [-0.39, 0.29) is 6.04 Å². The molecule has 0 aliphatic heterocycles. The van der Waals surface area contributed by atoms with Gasteiger partial charge in [0.25, 0.3) is 0 Å². The van der Waals surface area contributed by atoms with Gasteiger partial charge in [-0.05, 0) is 25.7 Å². The lowest BCUT2D eigenvalue weighted by molar-refractivity contribution is -0.131. The summed E-state index contributed by atoms with van der Waals surface area (Å²) in [6.45, 7) is 8.51. The van der Waals surface area contributed by atoms with Crippen LogP contribution in [0.3, 0.4) is 0 Å². The van der Waals surface area contributed by atoms with Crippen molar-refractivity contribution >= 4 is 16.9 Å². The van der Waals surface area contributed by atoms with E-state index in [0.717, 1.165) is 0 Å². The summed E-state index contributed by atoms with van der Waals surface area (Å²) in [4.78, 5) is 9.75. The minimum Gasteiger partial charge on any atom is -0.433 e. The maximum atomic E-state index is 11.9. The molecule has 1 unspecified atom stereocenters. The molecule has 0 spiro atoms. The Balaban J connectivity index is 4.25. The van der Waals surface area contributed by atoms with Crippen molar-refractivity contribution in [1.29, 1.82) is 0 Å².